The summed E-state index contributed by atoms with van der Waals surface area (Å²) in [7, 11) is -3.33. The van der Waals surface area contributed by atoms with Gasteiger partial charge in [-0.1, -0.05) is 13.8 Å². The number of imidazole rings is 1. The summed E-state index contributed by atoms with van der Waals surface area (Å²) in [5, 5.41) is 0. The van der Waals surface area contributed by atoms with Crippen LogP contribution < -0.4 is 9.46 Å². The molecular weight excluding hydrogens is 477 g/mol. The zero-order valence-corrected chi connectivity index (χ0v) is 20.6. The Kier molecular flexibility index (Phi) is 7.45. The molecule has 0 saturated carbocycles. The van der Waals surface area contributed by atoms with E-state index < -0.39 is 21.7 Å². The molecule has 1 fully saturated rings. The molecule has 0 aliphatic carbocycles. The number of hydrogen-bond donors (Lipinski definition) is 2. The first-order chi connectivity index (χ1) is 16.7. The number of aromatic nitrogens is 4. The number of aromatic amines is 1. The van der Waals surface area contributed by atoms with Crippen molar-refractivity contribution in [2.45, 2.75) is 26.6 Å². The van der Waals surface area contributed by atoms with E-state index in [1.807, 2.05) is 13.8 Å². The van der Waals surface area contributed by atoms with Gasteiger partial charge in [0.2, 0.25) is 16.3 Å². The summed E-state index contributed by atoms with van der Waals surface area (Å²) < 4.78 is 56.4. The lowest BCUT2D eigenvalue weighted by molar-refractivity contribution is -0.231. The summed E-state index contributed by atoms with van der Waals surface area (Å²) in [6.07, 6.45) is 2.72. The molecule has 10 nitrogen and oxygen atoms in total. The third-order valence-corrected chi connectivity index (χ3v) is 5.98. The van der Waals surface area contributed by atoms with E-state index >= 15 is 0 Å². The number of nitrogens with one attached hydrogen (secondary N) is 2. The molecule has 1 aliphatic heterocycles. The minimum absolute atomic E-state index is 0.185. The number of nitrogens with zero attached hydrogens (tertiary/aromatic N) is 3. The lowest BCUT2D eigenvalue weighted by Crippen LogP contribution is -2.45. The van der Waals surface area contributed by atoms with Crippen molar-refractivity contribution in [3.05, 3.63) is 48.2 Å². The fourth-order valence-electron chi connectivity index (χ4n) is 3.46. The van der Waals surface area contributed by atoms with Crippen LogP contribution in [0.2, 0.25) is 0 Å². The van der Waals surface area contributed by atoms with Gasteiger partial charge in [-0.05, 0) is 36.8 Å². The molecule has 188 valence electrons. The molecule has 0 amide bonds. The van der Waals surface area contributed by atoms with Crippen LogP contribution >= 0.6 is 0 Å². The van der Waals surface area contributed by atoms with Crippen LogP contribution in [0.15, 0.2) is 36.5 Å². The molecule has 4 rings (SSSR count). The average molecular weight is 506 g/mol. The Balaban J connectivity index is 1.62. The molecule has 0 unspecified atom stereocenters. The minimum Gasteiger partial charge on any atom is -0.463 e. The Bertz CT molecular complexity index is 1260. The van der Waals surface area contributed by atoms with Gasteiger partial charge in [-0.2, -0.15) is 4.98 Å². The summed E-state index contributed by atoms with van der Waals surface area (Å²) in [4.78, 5) is 16.6. The fraction of sp³-hybridized carbons (Fsp3) is 0.435. The van der Waals surface area contributed by atoms with Crippen molar-refractivity contribution in [1.29, 1.82) is 0 Å². The van der Waals surface area contributed by atoms with Crippen LogP contribution in [0, 0.1) is 11.2 Å². The Morgan fingerprint density at radius 3 is 2.57 bits per heavy atom. The second-order valence-corrected chi connectivity index (χ2v) is 10.6. The van der Waals surface area contributed by atoms with Crippen molar-refractivity contribution < 1.29 is 27.0 Å². The highest BCUT2D eigenvalue weighted by molar-refractivity contribution is 7.88. The number of ether oxygens (including phenoxy) is 3. The van der Waals surface area contributed by atoms with Crippen LogP contribution in [0.3, 0.4) is 0 Å². The van der Waals surface area contributed by atoms with Crippen molar-refractivity contribution in [2.24, 2.45) is 5.41 Å². The van der Waals surface area contributed by atoms with E-state index in [9.17, 15) is 12.8 Å². The van der Waals surface area contributed by atoms with Crippen molar-refractivity contribution in [3.63, 3.8) is 0 Å². The highest BCUT2D eigenvalue weighted by atomic mass is 32.2. The summed E-state index contributed by atoms with van der Waals surface area (Å²) in [6, 6.07) is 7.94. The average Bonchev–Trinajstić information content (AvgIpc) is 3.28. The van der Waals surface area contributed by atoms with Crippen LogP contribution in [-0.4, -0.2) is 61.0 Å². The number of sulfonamides is 1. The molecule has 3 aromatic rings. The Labute approximate surface area is 203 Å². The molecular formula is C23H28FN5O5S. The molecule has 3 heterocycles. The van der Waals surface area contributed by atoms with Gasteiger partial charge in [-0.25, -0.2) is 27.5 Å². The third-order valence-electron chi connectivity index (χ3n) is 5.32. The molecule has 2 N–H and O–H groups in total. The number of H-pyrrole nitrogens is 1. The molecule has 1 saturated heterocycles. The zero-order chi connectivity index (χ0) is 25.1. The summed E-state index contributed by atoms with van der Waals surface area (Å²) in [5.74, 6) is 0.0522. The van der Waals surface area contributed by atoms with Crippen LogP contribution in [0.5, 0.6) is 6.01 Å². The second-order valence-electron chi connectivity index (χ2n) is 8.78. The third kappa shape index (κ3) is 6.40. The Morgan fingerprint density at radius 1 is 1.20 bits per heavy atom. The Hall–Kier alpha value is -2.93. The lowest BCUT2D eigenvalue weighted by atomic mass is 9.92. The first-order valence-electron chi connectivity index (χ1n) is 11.2. The maximum Gasteiger partial charge on any atom is 0.316 e. The van der Waals surface area contributed by atoms with Gasteiger partial charge in [-0.3, -0.25) is 0 Å². The smallest absolute Gasteiger partial charge is 0.316 e. The van der Waals surface area contributed by atoms with Crippen molar-refractivity contribution in [2.75, 3.05) is 32.6 Å². The van der Waals surface area contributed by atoms with E-state index in [1.165, 1.54) is 12.1 Å². The van der Waals surface area contributed by atoms with Crippen LogP contribution in [-0.2, 0) is 19.5 Å². The normalized spacial score (nSPS) is 20.6. The van der Waals surface area contributed by atoms with E-state index in [1.54, 1.807) is 24.4 Å². The molecule has 35 heavy (non-hydrogen) atoms. The molecule has 1 aromatic carbocycles. The maximum absolute atomic E-state index is 13.6. The van der Waals surface area contributed by atoms with Gasteiger partial charge in [0, 0.05) is 23.7 Å². The topological polar surface area (TPSA) is 128 Å². The highest BCUT2D eigenvalue weighted by Gasteiger charge is 2.35. The molecule has 0 bridgehead atoms. The fourth-order valence-corrected chi connectivity index (χ4v) is 4.07. The zero-order valence-electron chi connectivity index (χ0n) is 19.7. The SMILES string of the molecule is CCCOc1nccc(-c2[nH]c(C3OCC(C)(CNS(C)(=O)=O)CO3)nc2-c2ccc(F)cc2)n1. The van der Waals surface area contributed by atoms with Crippen LogP contribution in [0.4, 0.5) is 4.39 Å². The van der Waals surface area contributed by atoms with Gasteiger partial charge in [0.25, 0.3) is 0 Å². The molecule has 1 aliphatic rings. The standard InChI is InChI=1S/C23H28FN5O5S/c1-4-11-32-22-25-10-9-17(27-22)19-18(15-5-7-16(24)8-6-15)28-20(29-19)21-33-13-23(2,14-34-21)12-26-35(3,30)31/h5-10,21,26H,4,11-14H2,1-3H3,(H,28,29). The summed E-state index contributed by atoms with van der Waals surface area (Å²) in [6.45, 7) is 5.04. The predicted molar refractivity (Wildman–Crippen MR) is 126 cm³/mol. The van der Waals surface area contributed by atoms with E-state index in [-0.39, 0.29) is 31.6 Å². The Morgan fingerprint density at radius 2 is 1.91 bits per heavy atom. The van der Waals surface area contributed by atoms with Crippen LogP contribution in [0.1, 0.15) is 32.4 Å². The predicted octanol–water partition coefficient (Wildman–Crippen LogP) is 3.06. The lowest BCUT2D eigenvalue weighted by Gasteiger charge is -2.36. The van der Waals surface area contributed by atoms with Crippen molar-refractivity contribution >= 4 is 10.0 Å². The monoisotopic (exact) mass is 505 g/mol. The highest BCUT2D eigenvalue weighted by Crippen LogP contribution is 2.35. The molecule has 2 aromatic heterocycles. The second kappa shape index (κ2) is 10.4. The van der Waals surface area contributed by atoms with Crippen molar-refractivity contribution in [1.82, 2.24) is 24.7 Å². The number of benzene rings is 1. The van der Waals surface area contributed by atoms with E-state index in [0.29, 0.717) is 35.1 Å². The molecule has 0 spiro atoms. The quantitative estimate of drug-likeness (QED) is 0.454. The van der Waals surface area contributed by atoms with Gasteiger partial charge in [0.15, 0.2) is 5.82 Å². The van der Waals surface area contributed by atoms with Gasteiger partial charge >= 0.3 is 6.01 Å². The van der Waals surface area contributed by atoms with E-state index in [4.69, 9.17) is 19.2 Å². The van der Waals surface area contributed by atoms with Crippen LogP contribution in [0.25, 0.3) is 22.6 Å². The largest absolute Gasteiger partial charge is 0.463 e. The van der Waals surface area contributed by atoms with Gasteiger partial charge in [0.1, 0.15) is 5.82 Å². The molecule has 0 atom stereocenters. The van der Waals surface area contributed by atoms with Crippen molar-refractivity contribution in [3.8, 4) is 28.7 Å². The number of rotatable bonds is 9. The molecule has 12 heteroatoms. The van der Waals surface area contributed by atoms with E-state index in [0.717, 1.165) is 12.7 Å². The van der Waals surface area contributed by atoms with Gasteiger partial charge < -0.3 is 19.2 Å². The minimum atomic E-state index is -3.33. The van der Waals surface area contributed by atoms with Gasteiger partial charge in [0.05, 0.1) is 43.2 Å². The maximum atomic E-state index is 13.6. The van der Waals surface area contributed by atoms with Gasteiger partial charge in [-0.15, -0.1) is 0 Å². The van der Waals surface area contributed by atoms with E-state index in [2.05, 4.69) is 19.7 Å². The summed E-state index contributed by atoms with van der Waals surface area (Å²) >= 11 is 0. The molecule has 0 radical (unpaired) electrons. The first kappa shape index (κ1) is 25.2. The number of halogens is 1. The first-order valence-corrected chi connectivity index (χ1v) is 13.0. The number of hydrogen-bond acceptors (Lipinski definition) is 8. The summed E-state index contributed by atoms with van der Waals surface area (Å²) in [5.41, 5.74) is 1.81.